The largest absolute Gasteiger partial charge is 0.332 e. The highest BCUT2D eigenvalue weighted by molar-refractivity contribution is 5.82. The van der Waals surface area contributed by atoms with Crippen LogP contribution in [0.25, 0.3) is 0 Å². The number of allylic oxidation sites excluding steroid dienone is 1. The van der Waals surface area contributed by atoms with Gasteiger partial charge in [0.25, 0.3) is 0 Å². The number of carbonyl (C=O) groups is 1. The Morgan fingerprint density at radius 1 is 1.67 bits per heavy atom. The molecular weight excluding hydrogens is 152 g/mol. The molecule has 0 aromatic heterocycles. The van der Waals surface area contributed by atoms with Crippen molar-refractivity contribution in [1.82, 2.24) is 10.2 Å². The SMILES string of the molecule is C/C=C/NC(=O)[C@@H]1CCCN1C. The summed E-state index contributed by atoms with van der Waals surface area (Å²) in [6, 6.07) is 0.0844. The van der Waals surface area contributed by atoms with Crippen molar-refractivity contribution in [3.8, 4) is 0 Å². The second-order valence-electron chi connectivity index (χ2n) is 3.15. The molecule has 1 aliphatic heterocycles. The van der Waals surface area contributed by atoms with E-state index in [9.17, 15) is 4.79 Å². The predicted molar refractivity (Wildman–Crippen MR) is 48.6 cm³/mol. The summed E-state index contributed by atoms with van der Waals surface area (Å²) in [7, 11) is 1.99. The molecule has 0 radical (unpaired) electrons. The molecule has 1 fully saturated rings. The van der Waals surface area contributed by atoms with Crippen molar-refractivity contribution in [2.45, 2.75) is 25.8 Å². The van der Waals surface area contributed by atoms with E-state index in [4.69, 9.17) is 0 Å². The van der Waals surface area contributed by atoms with E-state index in [1.54, 1.807) is 6.20 Å². The highest BCUT2D eigenvalue weighted by Crippen LogP contribution is 2.14. The molecule has 12 heavy (non-hydrogen) atoms. The van der Waals surface area contributed by atoms with Crippen molar-refractivity contribution >= 4 is 5.91 Å². The van der Waals surface area contributed by atoms with E-state index in [0.29, 0.717) is 0 Å². The van der Waals surface area contributed by atoms with Crippen LogP contribution in [-0.2, 0) is 4.79 Å². The molecule has 0 unspecified atom stereocenters. The molecule has 1 saturated heterocycles. The zero-order valence-corrected chi connectivity index (χ0v) is 7.71. The Bertz CT molecular complexity index is 189. The van der Waals surface area contributed by atoms with Crippen molar-refractivity contribution < 1.29 is 4.79 Å². The van der Waals surface area contributed by atoms with Crippen LogP contribution in [0.2, 0.25) is 0 Å². The van der Waals surface area contributed by atoms with Gasteiger partial charge in [0.1, 0.15) is 0 Å². The Balaban J connectivity index is 2.40. The Hall–Kier alpha value is -0.830. The summed E-state index contributed by atoms with van der Waals surface area (Å²) in [6.07, 6.45) is 5.63. The van der Waals surface area contributed by atoms with Gasteiger partial charge in [-0.05, 0) is 39.6 Å². The van der Waals surface area contributed by atoms with Gasteiger partial charge in [0.15, 0.2) is 0 Å². The van der Waals surface area contributed by atoms with Crippen molar-refractivity contribution in [3.63, 3.8) is 0 Å². The fourth-order valence-corrected chi connectivity index (χ4v) is 1.50. The van der Waals surface area contributed by atoms with Crippen LogP contribution in [0.5, 0.6) is 0 Å². The van der Waals surface area contributed by atoms with Crippen LogP contribution in [0.15, 0.2) is 12.3 Å². The molecule has 1 N–H and O–H groups in total. The van der Waals surface area contributed by atoms with Crippen LogP contribution in [-0.4, -0.2) is 30.4 Å². The summed E-state index contributed by atoms with van der Waals surface area (Å²) in [4.78, 5) is 13.5. The van der Waals surface area contributed by atoms with Crippen LogP contribution >= 0.6 is 0 Å². The summed E-state index contributed by atoms with van der Waals surface area (Å²) in [6.45, 7) is 2.92. The minimum Gasteiger partial charge on any atom is -0.332 e. The molecule has 1 amide bonds. The predicted octanol–water partition coefficient (Wildman–Crippen LogP) is 0.730. The van der Waals surface area contributed by atoms with E-state index in [-0.39, 0.29) is 11.9 Å². The number of hydrogen-bond acceptors (Lipinski definition) is 2. The van der Waals surface area contributed by atoms with Gasteiger partial charge in [-0.3, -0.25) is 9.69 Å². The summed E-state index contributed by atoms with van der Waals surface area (Å²) in [5, 5.41) is 2.74. The van der Waals surface area contributed by atoms with E-state index in [1.165, 1.54) is 0 Å². The van der Waals surface area contributed by atoms with Gasteiger partial charge in [0, 0.05) is 0 Å². The summed E-state index contributed by atoms with van der Waals surface area (Å²) >= 11 is 0. The van der Waals surface area contributed by atoms with Gasteiger partial charge < -0.3 is 5.32 Å². The Labute approximate surface area is 73.4 Å². The first-order valence-electron chi connectivity index (χ1n) is 4.37. The average Bonchev–Trinajstić information content (AvgIpc) is 2.47. The lowest BCUT2D eigenvalue weighted by atomic mass is 10.2. The third kappa shape index (κ3) is 2.08. The normalized spacial score (nSPS) is 25.0. The lowest BCUT2D eigenvalue weighted by Gasteiger charge is -2.17. The second-order valence-corrected chi connectivity index (χ2v) is 3.15. The number of likely N-dealkylation sites (N-methyl/N-ethyl adjacent to an activating group) is 1. The quantitative estimate of drug-likeness (QED) is 0.659. The molecule has 3 heteroatoms. The highest BCUT2D eigenvalue weighted by atomic mass is 16.2. The Kier molecular flexibility index (Phi) is 3.29. The number of likely N-dealkylation sites (tertiary alicyclic amines) is 1. The van der Waals surface area contributed by atoms with E-state index >= 15 is 0 Å². The highest BCUT2D eigenvalue weighted by Gasteiger charge is 2.26. The molecule has 0 aromatic carbocycles. The van der Waals surface area contributed by atoms with Gasteiger partial charge in [-0.1, -0.05) is 6.08 Å². The summed E-state index contributed by atoms with van der Waals surface area (Å²) in [5.74, 6) is 0.119. The molecule has 0 spiro atoms. The fraction of sp³-hybridized carbons (Fsp3) is 0.667. The van der Waals surface area contributed by atoms with Crippen molar-refractivity contribution in [1.29, 1.82) is 0 Å². The molecule has 1 heterocycles. The van der Waals surface area contributed by atoms with Crippen LogP contribution in [0.1, 0.15) is 19.8 Å². The van der Waals surface area contributed by atoms with E-state index in [0.717, 1.165) is 19.4 Å². The maximum Gasteiger partial charge on any atom is 0.241 e. The zero-order chi connectivity index (χ0) is 8.97. The second kappa shape index (κ2) is 4.26. The minimum absolute atomic E-state index is 0.0844. The van der Waals surface area contributed by atoms with E-state index in [1.807, 2.05) is 20.0 Å². The van der Waals surface area contributed by atoms with Gasteiger partial charge in [-0.2, -0.15) is 0 Å². The average molecular weight is 168 g/mol. The van der Waals surface area contributed by atoms with Gasteiger partial charge in [-0.15, -0.1) is 0 Å². The number of nitrogens with one attached hydrogen (secondary N) is 1. The molecule has 1 atom stereocenters. The first kappa shape index (κ1) is 9.26. The van der Waals surface area contributed by atoms with Crippen molar-refractivity contribution in [3.05, 3.63) is 12.3 Å². The molecular formula is C9H16N2O. The number of rotatable bonds is 2. The molecule has 1 rings (SSSR count). The minimum atomic E-state index is 0.0844. The van der Waals surface area contributed by atoms with Crippen molar-refractivity contribution in [2.75, 3.05) is 13.6 Å². The van der Waals surface area contributed by atoms with Crippen LogP contribution < -0.4 is 5.32 Å². The van der Waals surface area contributed by atoms with Crippen LogP contribution in [0.4, 0.5) is 0 Å². The smallest absolute Gasteiger partial charge is 0.241 e. The number of carbonyl (C=O) groups excluding carboxylic acids is 1. The lowest BCUT2D eigenvalue weighted by Crippen LogP contribution is -2.39. The zero-order valence-electron chi connectivity index (χ0n) is 7.71. The number of hydrogen-bond donors (Lipinski definition) is 1. The van der Waals surface area contributed by atoms with Gasteiger partial charge >= 0.3 is 0 Å². The molecule has 0 saturated carbocycles. The number of amides is 1. The Morgan fingerprint density at radius 2 is 2.42 bits per heavy atom. The monoisotopic (exact) mass is 168 g/mol. The van der Waals surface area contributed by atoms with Gasteiger partial charge in [0.05, 0.1) is 6.04 Å². The lowest BCUT2D eigenvalue weighted by molar-refractivity contribution is -0.124. The third-order valence-corrected chi connectivity index (χ3v) is 2.22. The van der Waals surface area contributed by atoms with E-state index in [2.05, 4.69) is 10.2 Å². The molecule has 0 aromatic rings. The summed E-state index contributed by atoms with van der Waals surface area (Å²) in [5.41, 5.74) is 0. The Morgan fingerprint density at radius 3 is 2.92 bits per heavy atom. The van der Waals surface area contributed by atoms with Gasteiger partial charge in [0.2, 0.25) is 5.91 Å². The standard InChI is InChI=1S/C9H16N2O/c1-3-6-10-9(12)8-5-4-7-11(8)2/h3,6,8H,4-5,7H2,1-2H3,(H,10,12)/b6-3+/t8-/m0/s1. The third-order valence-electron chi connectivity index (χ3n) is 2.22. The molecule has 0 aliphatic carbocycles. The first-order valence-corrected chi connectivity index (χ1v) is 4.37. The summed E-state index contributed by atoms with van der Waals surface area (Å²) < 4.78 is 0. The van der Waals surface area contributed by atoms with Crippen LogP contribution in [0, 0.1) is 0 Å². The maximum atomic E-state index is 11.4. The molecule has 1 aliphatic rings. The molecule has 68 valence electrons. The fourth-order valence-electron chi connectivity index (χ4n) is 1.50. The van der Waals surface area contributed by atoms with Gasteiger partial charge in [-0.25, -0.2) is 0 Å². The topological polar surface area (TPSA) is 32.3 Å². The van der Waals surface area contributed by atoms with E-state index < -0.39 is 0 Å². The van der Waals surface area contributed by atoms with Crippen molar-refractivity contribution in [2.24, 2.45) is 0 Å². The molecule has 0 bridgehead atoms. The number of nitrogens with zero attached hydrogens (tertiary/aromatic N) is 1. The first-order chi connectivity index (χ1) is 5.75. The molecule has 3 nitrogen and oxygen atoms in total. The maximum absolute atomic E-state index is 11.4. The van der Waals surface area contributed by atoms with Crippen LogP contribution in [0.3, 0.4) is 0 Å².